The molecule has 12 heteroatoms. The molecule has 3 amide bonds. The Morgan fingerprint density at radius 2 is 1.85 bits per heavy atom. The van der Waals surface area contributed by atoms with Crippen LogP contribution in [-0.4, -0.2) is 82.7 Å². The minimum atomic E-state index is -0.591. The fraction of sp³-hybridized carbons (Fsp3) is 0.481. The van der Waals surface area contributed by atoms with Gasteiger partial charge in [0.25, 0.3) is 5.56 Å². The number of H-pyrrole nitrogens is 1. The second kappa shape index (κ2) is 10.2. The first kappa shape index (κ1) is 26.4. The van der Waals surface area contributed by atoms with Crippen molar-refractivity contribution in [2.75, 3.05) is 44.2 Å². The van der Waals surface area contributed by atoms with E-state index < -0.39 is 17.6 Å². The molecule has 1 unspecified atom stereocenters. The highest BCUT2D eigenvalue weighted by Crippen LogP contribution is 2.40. The molecule has 4 N–H and O–H groups in total. The van der Waals surface area contributed by atoms with Gasteiger partial charge in [0, 0.05) is 49.7 Å². The molecule has 3 aliphatic rings. The summed E-state index contributed by atoms with van der Waals surface area (Å²) in [6.45, 7) is 8.89. The van der Waals surface area contributed by atoms with Crippen molar-refractivity contribution < 1.29 is 24.2 Å². The molecule has 208 valence electrons. The summed E-state index contributed by atoms with van der Waals surface area (Å²) < 4.78 is 5.26. The summed E-state index contributed by atoms with van der Waals surface area (Å²) in [7, 11) is 0. The van der Waals surface area contributed by atoms with E-state index in [0.29, 0.717) is 61.3 Å². The summed E-state index contributed by atoms with van der Waals surface area (Å²) in [6.07, 6.45) is 2.15. The van der Waals surface area contributed by atoms with Crippen LogP contribution < -0.4 is 21.1 Å². The van der Waals surface area contributed by atoms with Crippen LogP contribution in [0.25, 0.3) is 10.9 Å². The van der Waals surface area contributed by atoms with Gasteiger partial charge in [-0.15, -0.1) is 0 Å². The minimum absolute atomic E-state index is 0.230. The van der Waals surface area contributed by atoms with Crippen LogP contribution in [0.15, 0.2) is 35.0 Å². The van der Waals surface area contributed by atoms with Crippen LogP contribution in [0.2, 0.25) is 0 Å². The SMILES string of the molecule is CC(C)(C)NC(=O)OCCN1C=C1N1CCN(c2c(O)c(=O)[nH]c3cccc(C4CCC(=O)NC4=O)c23)CC1. The van der Waals surface area contributed by atoms with Crippen molar-refractivity contribution in [1.29, 1.82) is 0 Å². The fourth-order valence-electron chi connectivity index (χ4n) is 5.23. The summed E-state index contributed by atoms with van der Waals surface area (Å²) in [5.74, 6) is -0.560. The average molecular weight is 539 g/mol. The molecule has 0 aliphatic carbocycles. The Morgan fingerprint density at radius 3 is 2.54 bits per heavy atom. The molecular weight excluding hydrogens is 504 g/mol. The third-order valence-corrected chi connectivity index (χ3v) is 7.10. The summed E-state index contributed by atoms with van der Waals surface area (Å²) in [4.78, 5) is 57.8. The molecular formula is C27H34N6O6. The molecule has 0 radical (unpaired) electrons. The molecule has 2 fully saturated rings. The Bertz CT molecular complexity index is 1400. The lowest BCUT2D eigenvalue weighted by molar-refractivity contribution is -0.134. The van der Waals surface area contributed by atoms with Crippen molar-refractivity contribution in [3.05, 3.63) is 46.1 Å². The number of amides is 3. The lowest BCUT2D eigenvalue weighted by Crippen LogP contribution is -2.46. The minimum Gasteiger partial charge on any atom is -0.502 e. The highest BCUT2D eigenvalue weighted by atomic mass is 16.5. The van der Waals surface area contributed by atoms with Gasteiger partial charge in [0.2, 0.25) is 17.6 Å². The van der Waals surface area contributed by atoms with Crippen LogP contribution >= 0.6 is 0 Å². The van der Waals surface area contributed by atoms with Crippen molar-refractivity contribution in [3.63, 3.8) is 0 Å². The van der Waals surface area contributed by atoms with Crippen molar-refractivity contribution >= 4 is 34.5 Å². The topological polar surface area (TPSA) is 147 Å². The quantitative estimate of drug-likeness (QED) is 0.402. The van der Waals surface area contributed by atoms with Gasteiger partial charge >= 0.3 is 6.09 Å². The largest absolute Gasteiger partial charge is 0.502 e. The van der Waals surface area contributed by atoms with Gasteiger partial charge in [0.05, 0.1) is 23.7 Å². The highest BCUT2D eigenvalue weighted by molar-refractivity contribution is 6.05. The van der Waals surface area contributed by atoms with Gasteiger partial charge in [-0.3, -0.25) is 19.7 Å². The predicted molar refractivity (Wildman–Crippen MR) is 144 cm³/mol. The van der Waals surface area contributed by atoms with Crippen molar-refractivity contribution in [3.8, 4) is 5.75 Å². The fourth-order valence-corrected chi connectivity index (χ4v) is 5.23. The molecule has 1 atom stereocenters. The van der Waals surface area contributed by atoms with Gasteiger partial charge in [-0.05, 0) is 38.8 Å². The molecule has 0 saturated carbocycles. The van der Waals surface area contributed by atoms with Crippen LogP contribution in [0.3, 0.4) is 0 Å². The van der Waals surface area contributed by atoms with Crippen LogP contribution in [-0.2, 0) is 14.3 Å². The number of rotatable bonds is 6. The molecule has 0 spiro atoms. The molecule has 39 heavy (non-hydrogen) atoms. The number of ether oxygens (including phenoxy) is 1. The lowest BCUT2D eigenvalue weighted by Gasteiger charge is -2.37. The number of aromatic nitrogens is 1. The van der Waals surface area contributed by atoms with Gasteiger partial charge in [-0.25, -0.2) is 4.79 Å². The smallest absolute Gasteiger partial charge is 0.407 e. The van der Waals surface area contributed by atoms with Crippen molar-refractivity contribution in [2.45, 2.75) is 45.1 Å². The number of nitrogens with zero attached hydrogens (tertiary/aromatic N) is 3. The number of pyridine rings is 1. The molecule has 0 bridgehead atoms. The highest BCUT2D eigenvalue weighted by Gasteiger charge is 2.34. The first-order valence-corrected chi connectivity index (χ1v) is 13.2. The molecule has 2 saturated heterocycles. The number of hydrogen-bond acceptors (Lipinski definition) is 9. The zero-order chi connectivity index (χ0) is 27.9. The number of aromatic hydroxyl groups is 1. The first-order chi connectivity index (χ1) is 18.5. The number of benzene rings is 1. The zero-order valence-corrected chi connectivity index (χ0v) is 22.4. The molecule has 3 aliphatic heterocycles. The maximum atomic E-state index is 12.7. The van der Waals surface area contributed by atoms with E-state index in [1.807, 2.05) is 42.8 Å². The lowest BCUT2D eigenvalue weighted by atomic mass is 9.87. The number of nitrogens with one attached hydrogen (secondary N) is 3. The van der Waals surface area contributed by atoms with E-state index in [-0.39, 0.29) is 36.1 Å². The van der Waals surface area contributed by atoms with E-state index in [4.69, 9.17) is 4.74 Å². The number of anilines is 1. The third-order valence-electron chi connectivity index (χ3n) is 7.10. The number of aromatic amines is 1. The Hall–Kier alpha value is -4.22. The first-order valence-electron chi connectivity index (χ1n) is 13.2. The van der Waals surface area contributed by atoms with Gasteiger partial charge in [-0.2, -0.15) is 0 Å². The number of fused-ring (bicyclic) bond motifs is 1. The van der Waals surface area contributed by atoms with E-state index in [1.165, 1.54) is 0 Å². The molecule has 5 rings (SSSR count). The van der Waals surface area contributed by atoms with Crippen LogP contribution in [0.5, 0.6) is 5.75 Å². The van der Waals surface area contributed by atoms with Gasteiger partial charge < -0.3 is 34.8 Å². The standard InChI is InChI=1S/C27H34N6O6/c1-27(2,3)30-26(38)39-14-13-33-15-20(33)31-9-11-32(12-10-31)22-21-16(17-7-8-19(34)29-24(17)36)5-4-6-18(21)28-25(37)23(22)35/h4-6,15,17,35H,7-14H2,1-3H3,(H,28,37)(H,30,38)(H,29,34,36). The van der Waals surface area contributed by atoms with Gasteiger partial charge in [0.1, 0.15) is 12.4 Å². The Kier molecular flexibility index (Phi) is 6.87. The Morgan fingerprint density at radius 1 is 1.13 bits per heavy atom. The Balaban J connectivity index is 1.27. The molecule has 1 aromatic carbocycles. The number of alkyl carbamates (subject to hydrolysis) is 1. The van der Waals surface area contributed by atoms with E-state index in [1.54, 1.807) is 12.1 Å². The van der Waals surface area contributed by atoms with Crippen LogP contribution in [0.1, 0.15) is 45.1 Å². The number of carbonyl (C=O) groups excluding carboxylic acids is 3. The van der Waals surface area contributed by atoms with Crippen LogP contribution in [0, 0.1) is 0 Å². The predicted octanol–water partition coefficient (Wildman–Crippen LogP) is 1.52. The second-order valence-electron chi connectivity index (χ2n) is 11.1. The zero-order valence-electron chi connectivity index (χ0n) is 22.4. The summed E-state index contributed by atoms with van der Waals surface area (Å²) in [6, 6.07) is 5.33. The number of piperidine rings is 1. The number of hydrogen-bond donors (Lipinski definition) is 4. The third kappa shape index (κ3) is 5.64. The molecule has 1 aromatic heterocycles. The maximum absolute atomic E-state index is 12.7. The molecule has 2 aromatic rings. The van der Waals surface area contributed by atoms with Gasteiger partial charge in [0.15, 0.2) is 0 Å². The van der Waals surface area contributed by atoms with Crippen LogP contribution in [0.4, 0.5) is 10.5 Å². The summed E-state index contributed by atoms with van der Waals surface area (Å²) in [5.41, 5.74) is 0.670. The van der Waals surface area contributed by atoms with E-state index in [9.17, 15) is 24.3 Å². The van der Waals surface area contributed by atoms with E-state index in [2.05, 4.69) is 20.5 Å². The second-order valence-corrected chi connectivity index (χ2v) is 11.1. The van der Waals surface area contributed by atoms with Gasteiger partial charge in [-0.1, -0.05) is 12.1 Å². The number of imide groups is 1. The van der Waals surface area contributed by atoms with Crippen molar-refractivity contribution in [2.24, 2.45) is 0 Å². The van der Waals surface area contributed by atoms with Crippen molar-refractivity contribution in [1.82, 2.24) is 25.4 Å². The molecule has 4 heterocycles. The van der Waals surface area contributed by atoms with E-state index >= 15 is 0 Å². The summed E-state index contributed by atoms with van der Waals surface area (Å²) in [5, 5.41) is 16.7. The maximum Gasteiger partial charge on any atom is 0.407 e. The Labute approximate surface area is 225 Å². The monoisotopic (exact) mass is 538 g/mol. The summed E-state index contributed by atoms with van der Waals surface area (Å²) >= 11 is 0. The molecule has 12 nitrogen and oxygen atoms in total. The average Bonchev–Trinajstić information content (AvgIpc) is 3.63. The number of piperazine rings is 1. The number of carbonyl (C=O) groups is 3. The van der Waals surface area contributed by atoms with E-state index in [0.717, 1.165) is 5.82 Å². The normalized spacial score (nSPS) is 19.6.